The number of nitrogens with zero attached hydrogens (tertiary/aromatic N) is 5. The molecule has 2 aromatic heterocycles. The Labute approximate surface area is 149 Å². The van der Waals surface area contributed by atoms with Crippen LogP contribution in [-0.2, 0) is 16.1 Å². The van der Waals surface area contributed by atoms with Crippen molar-refractivity contribution >= 4 is 11.8 Å². The third-order valence-electron chi connectivity index (χ3n) is 4.96. The minimum absolute atomic E-state index is 0.205. The Morgan fingerprint density at radius 3 is 2.46 bits per heavy atom. The van der Waals surface area contributed by atoms with Crippen LogP contribution in [0.1, 0.15) is 18.5 Å². The van der Waals surface area contributed by atoms with E-state index >= 15 is 0 Å². The second-order valence-corrected chi connectivity index (χ2v) is 6.67. The predicted molar refractivity (Wildman–Crippen MR) is 90.3 cm³/mol. The molecule has 7 nitrogen and oxygen atoms in total. The van der Waals surface area contributed by atoms with Crippen LogP contribution in [0.5, 0.6) is 0 Å². The van der Waals surface area contributed by atoms with Crippen molar-refractivity contribution in [1.82, 2.24) is 25.0 Å². The highest BCUT2D eigenvalue weighted by molar-refractivity contribution is 6.35. The first-order chi connectivity index (χ1) is 12.6. The zero-order chi connectivity index (χ0) is 18.1. The summed E-state index contributed by atoms with van der Waals surface area (Å²) in [6.45, 7) is 0.340. The Kier molecular flexibility index (Phi) is 4.10. The monoisotopic (exact) mass is 355 g/mol. The lowest BCUT2D eigenvalue weighted by Gasteiger charge is -2.37. The van der Waals surface area contributed by atoms with Crippen LogP contribution in [0, 0.1) is 0 Å². The molecule has 8 heteroatoms. The number of amides is 2. The number of hydrogen-bond acceptors (Lipinski definition) is 5. The molecule has 0 N–H and O–H groups in total. The first-order valence-corrected chi connectivity index (χ1v) is 8.54. The van der Waals surface area contributed by atoms with Gasteiger partial charge in [0.25, 0.3) is 0 Å². The van der Waals surface area contributed by atoms with E-state index in [-0.39, 0.29) is 6.54 Å². The van der Waals surface area contributed by atoms with Gasteiger partial charge in [0.15, 0.2) is 0 Å². The molecule has 134 valence electrons. The van der Waals surface area contributed by atoms with E-state index in [4.69, 9.17) is 0 Å². The van der Waals surface area contributed by atoms with Crippen LogP contribution in [0.3, 0.4) is 0 Å². The summed E-state index contributed by atoms with van der Waals surface area (Å²) in [6, 6.07) is 9.08. The maximum atomic E-state index is 13.2. The Morgan fingerprint density at radius 2 is 1.85 bits per heavy atom. The molecule has 0 spiro atoms. The summed E-state index contributed by atoms with van der Waals surface area (Å²) in [5.41, 5.74) is 1.21. The van der Waals surface area contributed by atoms with E-state index in [0.717, 1.165) is 0 Å². The predicted octanol–water partition coefficient (Wildman–Crippen LogP) is 1.21. The molecule has 0 aromatic carbocycles. The van der Waals surface area contributed by atoms with Crippen LogP contribution in [0.2, 0.25) is 0 Å². The van der Waals surface area contributed by atoms with Crippen LogP contribution in [-0.4, -0.2) is 62.1 Å². The molecule has 1 aliphatic carbocycles. The molecule has 2 amide bonds. The van der Waals surface area contributed by atoms with Crippen molar-refractivity contribution in [3.8, 4) is 11.4 Å². The molecular formula is C18H18FN5O2. The quantitative estimate of drug-likeness (QED) is 0.754. The summed E-state index contributed by atoms with van der Waals surface area (Å²) in [7, 11) is 0. The van der Waals surface area contributed by atoms with Crippen molar-refractivity contribution in [2.24, 2.45) is 0 Å². The van der Waals surface area contributed by atoms with Crippen molar-refractivity contribution in [3.63, 3.8) is 0 Å². The summed E-state index contributed by atoms with van der Waals surface area (Å²) in [5.74, 6) is -1.23. The molecule has 0 unspecified atom stereocenters. The number of alkyl halides is 1. The summed E-state index contributed by atoms with van der Waals surface area (Å²) in [4.78, 5) is 31.8. The number of carbonyl (C=O) groups is 2. The zero-order valence-electron chi connectivity index (χ0n) is 14.1. The van der Waals surface area contributed by atoms with Crippen LogP contribution < -0.4 is 0 Å². The van der Waals surface area contributed by atoms with E-state index in [1.165, 1.54) is 9.80 Å². The molecule has 4 rings (SSSR count). The van der Waals surface area contributed by atoms with Crippen LogP contribution in [0.15, 0.2) is 36.5 Å². The molecule has 1 aliphatic heterocycles. The van der Waals surface area contributed by atoms with Gasteiger partial charge in [-0.3, -0.25) is 14.6 Å². The van der Waals surface area contributed by atoms with Crippen molar-refractivity contribution in [2.45, 2.75) is 24.9 Å². The lowest BCUT2D eigenvalue weighted by molar-refractivity contribution is -0.159. The van der Waals surface area contributed by atoms with Gasteiger partial charge in [0.2, 0.25) is 0 Å². The minimum Gasteiger partial charge on any atom is -0.327 e. The molecule has 0 radical (unpaired) electrons. The van der Waals surface area contributed by atoms with Gasteiger partial charge in [-0.2, -0.15) is 5.10 Å². The average molecular weight is 355 g/mol. The lowest BCUT2D eigenvalue weighted by atomic mass is 10.1. The van der Waals surface area contributed by atoms with Gasteiger partial charge >= 0.3 is 11.8 Å². The highest BCUT2D eigenvalue weighted by Gasteiger charge is 2.53. The molecule has 0 atom stereocenters. The largest absolute Gasteiger partial charge is 0.327 e. The summed E-state index contributed by atoms with van der Waals surface area (Å²) >= 11 is 0. The first kappa shape index (κ1) is 16.6. The van der Waals surface area contributed by atoms with Crippen molar-refractivity contribution in [3.05, 3.63) is 42.2 Å². The fourth-order valence-corrected chi connectivity index (χ4v) is 3.19. The average Bonchev–Trinajstić information content (AvgIpc) is 3.48. The van der Waals surface area contributed by atoms with E-state index in [2.05, 4.69) is 15.2 Å². The molecule has 26 heavy (non-hydrogen) atoms. The fourth-order valence-electron chi connectivity index (χ4n) is 3.19. The molecule has 0 bridgehead atoms. The summed E-state index contributed by atoms with van der Waals surface area (Å²) < 4.78 is 13.2. The van der Waals surface area contributed by atoms with Crippen LogP contribution >= 0.6 is 0 Å². The number of hydrogen-bond donors (Lipinski definition) is 0. The van der Waals surface area contributed by atoms with Gasteiger partial charge in [0.1, 0.15) is 12.4 Å². The standard InChI is InChI=1S/C18H18FN5O2/c19-12-18(6-7-18)24-10-9-23(16(25)17(24)26)11-13-4-5-15(22-21-13)14-3-1-2-8-20-14/h1-5,8H,6-7,9-12H2. The second kappa shape index (κ2) is 6.44. The number of halogens is 1. The number of piperazine rings is 1. The van der Waals surface area contributed by atoms with Crippen LogP contribution in [0.25, 0.3) is 11.4 Å². The number of carbonyl (C=O) groups excluding carboxylic acids is 2. The van der Waals surface area contributed by atoms with Crippen molar-refractivity contribution in [2.75, 3.05) is 19.8 Å². The Hall–Kier alpha value is -2.90. The van der Waals surface area contributed by atoms with E-state index in [0.29, 0.717) is 43.0 Å². The van der Waals surface area contributed by atoms with Gasteiger partial charge in [-0.15, -0.1) is 5.10 Å². The molecule has 2 fully saturated rings. The van der Waals surface area contributed by atoms with E-state index in [1.54, 1.807) is 18.3 Å². The summed E-state index contributed by atoms with van der Waals surface area (Å²) in [6.07, 6.45) is 2.94. The number of rotatable bonds is 5. The maximum absolute atomic E-state index is 13.2. The fraction of sp³-hybridized carbons (Fsp3) is 0.389. The van der Waals surface area contributed by atoms with Gasteiger partial charge in [-0.05, 0) is 37.1 Å². The molecule has 3 heterocycles. The normalized spacial score (nSPS) is 19.0. The number of pyridine rings is 1. The van der Waals surface area contributed by atoms with E-state index in [9.17, 15) is 14.0 Å². The molecule has 2 aliphatic rings. The summed E-state index contributed by atoms with van der Waals surface area (Å²) in [5, 5.41) is 8.28. The van der Waals surface area contributed by atoms with Gasteiger partial charge in [-0.1, -0.05) is 6.07 Å². The van der Waals surface area contributed by atoms with Crippen molar-refractivity contribution in [1.29, 1.82) is 0 Å². The van der Waals surface area contributed by atoms with Gasteiger partial charge < -0.3 is 9.80 Å². The second-order valence-electron chi connectivity index (χ2n) is 6.67. The van der Waals surface area contributed by atoms with E-state index < -0.39 is 24.0 Å². The van der Waals surface area contributed by atoms with Crippen LogP contribution in [0.4, 0.5) is 4.39 Å². The molecule has 1 saturated carbocycles. The minimum atomic E-state index is -0.733. The Morgan fingerprint density at radius 1 is 1.00 bits per heavy atom. The van der Waals surface area contributed by atoms with Gasteiger partial charge in [0.05, 0.1) is 23.5 Å². The molecule has 1 saturated heterocycles. The van der Waals surface area contributed by atoms with Crippen molar-refractivity contribution < 1.29 is 14.0 Å². The highest BCUT2D eigenvalue weighted by atomic mass is 19.1. The lowest BCUT2D eigenvalue weighted by Crippen LogP contribution is -2.58. The highest BCUT2D eigenvalue weighted by Crippen LogP contribution is 2.42. The molecule has 2 aromatic rings. The molecular weight excluding hydrogens is 337 g/mol. The Balaban J connectivity index is 1.43. The SMILES string of the molecule is O=C1C(=O)N(C2(CF)CC2)CCN1Cc1ccc(-c2ccccn2)nn1. The van der Waals surface area contributed by atoms with Gasteiger partial charge in [-0.25, -0.2) is 4.39 Å². The number of aromatic nitrogens is 3. The van der Waals surface area contributed by atoms with Gasteiger partial charge in [0, 0.05) is 19.3 Å². The third-order valence-corrected chi connectivity index (χ3v) is 4.96. The van der Waals surface area contributed by atoms with E-state index in [1.807, 2.05) is 18.2 Å². The maximum Gasteiger partial charge on any atom is 0.312 e. The topological polar surface area (TPSA) is 79.3 Å². The zero-order valence-corrected chi connectivity index (χ0v) is 14.1. The first-order valence-electron chi connectivity index (χ1n) is 8.54. The Bertz CT molecular complexity index is 823. The smallest absolute Gasteiger partial charge is 0.312 e. The third kappa shape index (κ3) is 2.91.